The Labute approximate surface area is 161 Å². The van der Waals surface area contributed by atoms with Gasteiger partial charge in [0, 0.05) is 17.1 Å². The van der Waals surface area contributed by atoms with E-state index in [1.807, 2.05) is 11.0 Å². The van der Waals surface area contributed by atoms with Crippen LogP contribution in [0.25, 0.3) is 11.0 Å². The summed E-state index contributed by atoms with van der Waals surface area (Å²) in [6.07, 6.45) is 1.66. The molecule has 0 bridgehead atoms. The van der Waals surface area contributed by atoms with Crippen LogP contribution in [0.15, 0.2) is 39.5 Å². The molecule has 2 heterocycles. The second-order valence-corrected chi connectivity index (χ2v) is 7.20. The molecule has 3 aromatic rings. The van der Waals surface area contributed by atoms with Gasteiger partial charge in [-0.2, -0.15) is 0 Å². The molecule has 0 N–H and O–H groups in total. The number of halogens is 2. The van der Waals surface area contributed by atoms with Gasteiger partial charge in [-0.25, -0.2) is 9.18 Å². The molecule has 0 fully saturated rings. The van der Waals surface area contributed by atoms with Crippen LogP contribution in [0.2, 0.25) is 5.02 Å². The van der Waals surface area contributed by atoms with Crippen molar-refractivity contribution in [3.05, 3.63) is 68.3 Å². The topological polar surface area (TPSA) is 42.7 Å². The molecule has 1 aliphatic heterocycles. The van der Waals surface area contributed by atoms with Crippen molar-refractivity contribution in [1.82, 2.24) is 0 Å². The van der Waals surface area contributed by atoms with Crippen LogP contribution in [0.4, 0.5) is 10.1 Å². The van der Waals surface area contributed by atoms with Crippen LogP contribution < -0.4 is 15.3 Å². The largest absolute Gasteiger partial charge is 0.471 e. The highest BCUT2D eigenvalue weighted by Crippen LogP contribution is 2.40. The van der Waals surface area contributed by atoms with Crippen LogP contribution in [-0.2, 0) is 13.0 Å². The number of aryl methyl sites for hydroxylation is 2. The molecule has 2 aromatic carbocycles. The number of anilines is 1. The van der Waals surface area contributed by atoms with Gasteiger partial charge in [0.2, 0.25) is 0 Å². The molecule has 0 unspecified atom stereocenters. The highest BCUT2D eigenvalue weighted by atomic mass is 35.5. The van der Waals surface area contributed by atoms with Gasteiger partial charge >= 0.3 is 5.63 Å². The maximum absolute atomic E-state index is 14.0. The molecule has 0 saturated carbocycles. The number of rotatable bonds is 3. The Bertz CT molecular complexity index is 1090. The molecule has 27 heavy (non-hydrogen) atoms. The van der Waals surface area contributed by atoms with Crippen molar-refractivity contribution in [2.24, 2.45) is 0 Å². The van der Waals surface area contributed by atoms with E-state index in [9.17, 15) is 9.18 Å². The van der Waals surface area contributed by atoms with E-state index in [1.54, 1.807) is 19.1 Å². The average Bonchev–Trinajstić information content (AvgIpc) is 2.65. The lowest BCUT2D eigenvalue weighted by Gasteiger charge is -2.31. The summed E-state index contributed by atoms with van der Waals surface area (Å²) in [7, 11) is 0. The van der Waals surface area contributed by atoms with Crippen molar-refractivity contribution in [2.75, 3.05) is 11.6 Å². The molecule has 1 aromatic heterocycles. The van der Waals surface area contributed by atoms with Gasteiger partial charge in [0.15, 0.2) is 6.73 Å². The number of benzene rings is 2. The summed E-state index contributed by atoms with van der Waals surface area (Å²) in [5, 5.41) is 1.30. The first-order valence-electron chi connectivity index (χ1n) is 8.90. The standard InChI is InChI=1S/C21H19ClFNO3/c1-3-4-13-7-19(25)27-20-15(13)9-17(22)21-16(20)10-24(11-26-21)14-6-5-12(2)18(23)8-14/h5-9H,3-4,10-11H2,1-2H3. The number of fused-ring (bicyclic) bond motifs is 3. The minimum absolute atomic E-state index is 0.236. The Hall–Kier alpha value is -2.53. The molecule has 1 aliphatic rings. The predicted octanol–water partition coefficient (Wildman–Crippen LogP) is 5.20. The zero-order valence-electron chi connectivity index (χ0n) is 15.1. The summed E-state index contributed by atoms with van der Waals surface area (Å²) in [6, 6.07) is 8.37. The Balaban J connectivity index is 1.86. The van der Waals surface area contributed by atoms with Crippen molar-refractivity contribution in [2.45, 2.75) is 33.2 Å². The average molecular weight is 388 g/mol. The predicted molar refractivity (Wildman–Crippen MR) is 104 cm³/mol. The second-order valence-electron chi connectivity index (χ2n) is 6.79. The van der Waals surface area contributed by atoms with E-state index in [-0.39, 0.29) is 12.5 Å². The van der Waals surface area contributed by atoms with E-state index >= 15 is 0 Å². The fourth-order valence-corrected chi connectivity index (χ4v) is 3.75. The highest BCUT2D eigenvalue weighted by Gasteiger charge is 2.25. The molecular weight excluding hydrogens is 369 g/mol. The van der Waals surface area contributed by atoms with Crippen LogP contribution in [0.5, 0.6) is 5.75 Å². The zero-order chi connectivity index (χ0) is 19.1. The third-order valence-electron chi connectivity index (χ3n) is 4.88. The van der Waals surface area contributed by atoms with E-state index in [4.69, 9.17) is 20.8 Å². The summed E-state index contributed by atoms with van der Waals surface area (Å²) in [5.41, 5.74) is 2.99. The van der Waals surface area contributed by atoms with Gasteiger partial charge in [0.1, 0.15) is 17.1 Å². The molecule has 0 aliphatic carbocycles. The molecular formula is C21H19ClFNO3. The SMILES string of the molecule is CCCc1cc(=O)oc2c3c(c(Cl)cc12)OCN(c1ccc(C)c(F)c1)C3. The van der Waals surface area contributed by atoms with Gasteiger partial charge in [0.05, 0.1) is 17.1 Å². The first-order chi connectivity index (χ1) is 13.0. The van der Waals surface area contributed by atoms with Crippen molar-refractivity contribution < 1.29 is 13.5 Å². The molecule has 140 valence electrons. The summed E-state index contributed by atoms with van der Waals surface area (Å²) in [5.74, 6) is 0.246. The smallest absolute Gasteiger partial charge is 0.336 e. The number of nitrogens with zero attached hydrogens (tertiary/aromatic N) is 1. The van der Waals surface area contributed by atoms with E-state index in [0.717, 1.165) is 23.8 Å². The van der Waals surface area contributed by atoms with E-state index in [0.29, 0.717) is 39.7 Å². The molecule has 6 heteroatoms. The lowest BCUT2D eigenvalue weighted by Crippen LogP contribution is -2.32. The first kappa shape index (κ1) is 17.9. The monoisotopic (exact) mass is 387 g/mol. The normalized spacial score (nSPS) is 13.6. The van der Waals surface area contributed by atoms with Crippen molar-refractivity contribution in [3.63, 3.8) is 0 Å². The van der Waals surface area contributed by atoms with E-state index < -0.39 is 5.63 Å². The number of hydrogen-bond acceptors (Lipinski definition) is 4. The number of ether oxygens (including phenoxy) is 1. The molecule has 4 rings (SSSR count). The van der Waals surface area contributed by atoms with E-state index in [2.05, 4.69) is 6.92 Å². The van der Waals surface area contributed by atoms with Crippen LogP contribution in [0.3, 0.4) is 0 Å². The molecule has 0 saturated heterocycles. The molecule has 0 radical (unpaired) electrons. The summed E-state index contributed by atoms with van der Waals surface area (Å²) >= 11 is 6.45. The Kier molecular flexibility index (Phi) is 4.56. The van der Waals surface area contributed by atoms with Crippen LogP contribution in [0.1, 0.15) is 30.0 Å². The van der Waals surface area contributed by atoms with Crippen LogP contribution in [0, 0.1) is 12.7 Å². The van der Waals surface area contributed by atoms with Gasteiger partial charge in [-0.1, -0.05) is 31.0 Å². The fourth-order valence-electron chi connectivity index (χ4n) is 3.47. The van der Waals surface area contributed by atoms with Gasteiger partial charge in [0.25, 0.3) is 0 Å². The second kappa shape index (κ2) is 6.89. The lowest BCUT2D eigenvalue weighted by molar-refractivity contribution is 0.289. The van der Waals surface area contributed by atoms with Gasteiger partial charge < -0.3 is 14.1 Å². The minimum Gasteiger partial charge on any atom is -0.471 e. The fraction of sp³-hybridized carbons (Fsp3) is 0.286. The minimum atomic E-state index is -0.394. The summed E-state index contributed by atoms with van der Waals surface area (Å²) in [4.78, 5) is 14.0. The van der Waals surface area contributed by atoms with Gasteiger partial charge in [-0.15, -0.1) is 0 Å². The third-order valence-corrected chi connectivity index (χ3v) is 5.16. The highest BCUT2D eigenvalue weighted by molar-refractivity contribution is 6.33. The third kappa shape index (κ3) is 3.16. The van der Waals surface area contributed by atoms with Crippen molar-refractivity contribution >= 4 is 28.3 Å². The molecule has 0 amide bonds. The summed E-state index contributed by atoms with van der Waals surface area (Å²) < 4.78 is 25.4. The Morgan fingerprint density at radius 1 is 1.26 bits per heavy atom. The van der Waals surface area contributed by atoms with Gasteiger partial charge in [-0.3, -0.25) is 0 Å². The molecule has 4 nitrogen and oxygen atoms in total. The van der Waals surface area contributed by atoms with Crippen LogP contribution >= 0.6 is 11.6 Å². The van der Waals surface area contributed by atoms with Crippen molar-refractivity contribution in [1.29, 1.82) is 0 Å². The van der Waals surface area contributed by atoms with Crippen molar-refractivity contribution in [3.8, 4) is 5.75 Å². The number of hydrogen-bond donors (Lipinski definition) is 0. The lowest BCUT2D eigenvalue weighted by atomic mass is 10.0. The Morgan fingerprint density at radius 2 is 2.07 bits per heavy atom. The quantitative estimate of drug-likeness (QED) is 0.579. The zero-order valence-corrected chi connectivity index (χ0v) is 15.9. The van der Waals surface area contributed by atoms with Gasteiger partial charge in [-0.05, 0) is 42.7 Å². The van der Waals surface area contributed by atoms with Crippen LogP contribution in [-0.4, -0.2) is 6.73 Å². The van der Waals surface area contributed by atoms with E-state index in [1.165, 1.54) is 12.1 Å². The maximum Gasteiger partial charge on any atom is 0.336 e. The Morgan fingerprint density at radius 3 is 2.81 bits per heavy atom. The first-order valence-corrected chi connectivity index (χ1v) is 9.27. The molecule has 0 atom stereocenters. The molecule has 0 spiro atoms. The summed E-state index contributed by atoms with van der Waals surface area (Å²) in [6.45, 7) is 4.42. The maximum atomic E-state index is 14.0.